The molecule has 1 aliphatic rings. The SMILES string of the molecule is CC1=CC=C(c2cc(-c3ccc(Cl)cc3)[nH]c2-c2ccncc2)C=CC1. The van der Waals surface area contributed by atoms with Crippen molar-refractivity contribution in [2.75, 3.05) is 0 Å². The molecule has 0 amide bonds. The summed E-state index contributed by atoms with van der Waals surface area (Å²) >= 11 is 6.04. The standard InChI is InChI=1S/C23H19ClN2/c1-16-3-2-4-17(6-5-16)21-15-22(18-7-9-20(24)10-8-18)26-23(21)19-11-13-25-14-12-19/h2,4-15,26H,3H2,1H3. The van der Waals surface area contributed by atoms with Crippen molar-refractivity contribution >= 4 is 17.2 Å². The number of aromatic nitrogens is 2. The summed E-state index contributed by atoms with van der Waals surface area (Å²) in [6, 6.07) is 14.2. The molecule has 3 heteroatoms. The lowest BCUT2D eigenvalue weighted by Crippen LogP contribution is -1.85. The first kappa shape index (κ1) is 16.6. The lowest BCUT2D eigenvalue weighted by molar-refractivity contribution is 1.22. The monoisotopic (exact) mass is 358 g/mol. The van der Waals surface area contributed by atoms with Crippen LogP contribution in [0, 0.1) is 0 Å². The second-order valence-electron chi connectivity index (χ2n) is 6.46. The molecule has 0 saturated heterocycles. The molecule has 0 unspecified atom stereocenters. The van der Waals surface area contributed by atoms with Crippen LogP contribution >= 0.6 is 11.6 Å². The number of hydrogen-bond acceptors (Lipinski definition) is 1. The largest absolute Gasteiger partial charge is 0.354 e. The molecule has 0 atom stereocenters. The first-order valence-corrected chi connectivity index (χ1v) is 9.02. The van der Waals surface area contributed by atoms with E-state index in [2.05, 4.69) is 47.3 Å². The Morgan fingerprint density at radius 2 is 1.73 bits per heavy atom. The van der Waals surface area contributed by atoms with E-state index in [9.17, 15) is 0 Å². The Balaban J connectivity index is 1.87. The zero-order valence-electron chi connectivity index (χ0n) is 14.5. The van der Waals surface area contributed by atoms with Gasteiger partial charge in [0.1, 0.15) is 0 Å². The molecule has 128 valence electrons. The van der Waals surface area contributed by atoms with Crippen LogP contribution in [0.15, 0.2) is 84.7 Å². The number of rotatable bonds is 3. The van der Waals surface area contributed by atoms with E-state index in [4.69, 9.17) is 11.6 Å². The van der Waals surface area contributed by atoms with Gasteiger partial charge in [0.15, 0.2) is 0 Å². The molecule has 1 aliphatic carbocycles. The number of aromatic amines is 1. The van der Waals surface area contributed by atoms with Gasteiger partial charge < -0.3 is 4.98 Å². The molecule has 1 N–H and O–H groups in total. The van der Waals surface area contributed by atoms with E-state index in [0.29, 0.717) is 0 Å². The summed E-state index contributed by atoms with van der Waals surface area (Å²) in [6.07, 6.45) is 13.4. The minimum absolute atomic E-state index is 0.741. The topological polar surface area (TPSA) is 28.7 Å². The van der Waals surface area contributed by atoms with Crippen LogP contribution in [0.3, 0.4) is 0 Å². The molecular weight excluding hydrogens is 340 g/mol. The summed E-state index contributed by atoms with van der Waals surface area (Å²) in [5, 5.41) is 0.741. The Hall–Kier alpha value is -2.84. The van der Waals surface area contributed by atoms with Crippen LogP contribution in [-0.4, -0.2) is 9.97 Å². The summed E-state index contributed by atoms with van der Waals surface area (Å²) < 4.78 is 0. The quantitative estimate of drug-likeness (QED) is 0.555. The minimum atomic E-state index is 0.741. The molecule has 2 heterocycles. The molecule has 26 heavy (non-hydrogen) atoms. The first-order valence-electron chi connectivity index (χ1n) is 8.64. The second-order valence-corrected chi connectivity index (χ2v) is 6.89. The third-order valence-corrected chi connectivity index (χ3v) is 4.79. The van der Waals surface area contributed by atoms with Crippen LogP contribution in [-0.2, 0) is 0 Å². The van der Waals surface area contributed by atoms with Gasteiger partial charge in [0.05, 0.1) is 5.69 Å². The van der Waals surface area contributed by atoms with Crippen LogP contribution in [0.25, 0.3) is 28.1 Å². The van der Waals surface area contributed by atoms with Gasteiger partial charge in [-0.15, -0.1) is 0 Å². The molecule has 0 spiro atoms. The third kappa shape index (κ3) is 3.42. The average molecular weight is 359 g/mol. The smallest absolute Gasteiger partial charge is 0.0539 e. The van der Waals surface area contributed by atoms with Crippen molar-refractivity contribution in [3.05, 3.63) is 95.3 Å². The number of nitrogens with one attached hydrogen (secondary N) is 1. The summed E-state index contributed by atoms with van der Waals surface area (Å²) in [4.78, 5) is 7.74. The van der Waals surface area contributed by atoms with Crippen molar-refractivity contribution in [3.8, 4) is 22.5 Å². The summed E-state index contributed by atoms with van der Waals surface area (Å²) in [6.45, 7) is 2.16. The molecule has 0 fully saturated rings. The lowest BCUT2D eigenvalue weighted by atomic mass is 10.0. The molecule has 0 radical (unpaired) electrons. The average Bonchev–Trinajstić information content (AvgIpc) is 2.99. The number of pyridine rings is 1. The van der Waals surface area contributed by atoms with Crippen LogP contribution < -0.4 is 0 Å². The maximum absolute atomic E-state index is 6.04. The fourth-order valence-corrected chi connectivity index (χ4v) is 3.25. The zero-order chi connectivity index (χ0) is 17.9. The van der Waals surface area contributed by atoms with Gasteiger partial charge in [-0.1, -0.05) is 53.6 Å². The van der Waals surface area contributed by atoms with E-state index in [1.807, 2.05) is 48.8 Å². The van der Waals surface area contributed by atoms with Gasteiger partial charge in [-0.2, -0.15) is 0 Å². The highest BCUT2D eigenvalue weighted by Crippen LogP contribution is 2.34. The lowest BCUT2D eigenvalue weighted by Gasteiger charge is -2.04. The molecular formula is C23H19ClN2. The van der Waals surface area contributed by atoms with E-state index >= 15 is 0 Å². The van der Waals surface area contributed by atoms with Gasteiger partial charge >= 0.3 is 0 Å². The number of benzene rings is 1. The van der Waals surface area contributed by atoms with Crippen LogP contribution in [0.1, 0.15) is 18.9 Å². The van der Waals surface area contributed by atoms with Crippen molar-refractivity contribution in [2.24, 2.45) is 0 Å². The fraction of sp³-hybridized carbons (Fsp3) is 0.0870. The van der Waals surface area contributed by atoms with Gasteiger partial charge in [-0.3, -0.25) is 4.98 Å². The Bertz CT molecular complexity index is 1010. The maximum atomic E-state index is 6.04. The number of H-pyrrole nitrogens is 1. The van der Waals surface area contributed by atoms with Crippen molar-refractivity contribution in [2.45, 2.75) is 13.3 Å². The van der Waals surface area contributed by atoms with Gasteiger partial charge in [0.2, 0.25) is 0 Å². The zero-order valence-corrected chi connectivity index (χ0v) is 15.3. The summed E-state index contributed by atoms with van der Waals surface area (Å²) in [5.41, 5.74) is 8.14. The molecule has 3 aromatic rings. The first-order chi connectivity index (χ1) is 12.7. The molecule has 2 nitrogen and oxygen atoms in total. The van der Waals surface area contributed by atoms with Crippen LogP contribution in [0.4, 0.5) is 0 Å². The molecule has 4 rings (SSSR count). The molecule has 0 bridgehead atoms. The minimum Gasteiger partial charge on any atom is -0.354 e. The van der Waals surface area contributed by atoms with E-state index in [1.54, 1.807) is 0 Å². The summed E-state index contributed by atoms with van der Waals surface area (Å²) in [5.74, 6) is 0. The van der Waals surface area contributed by atoms with Gasteiger partial charge in [-0.25, -0.2) is 0 Å². The second kappa shape index (κ2) is 7.19. The Labute approximate surface area is 158 Å². The highest BCUT2D eigenvalue weighted by Gasteiger charge is 2.14. The van der Waals surface area contributed by atoms with Crippen LogP contribution in [0.5, 0.6) is 0 Å². The molecule has 0 aliphatic heterocycles. The Morgan fingerprint density at radius 3 is 2.50 bits per heavy atom. The number of nitrogens with zero attached hydrogens (tertiary/aromatic N) is 1. The van der Waals surface area contributed by atoms with E-state index in [1.165, 1.54) is 16.7 Å². The number of allylic oxidation sites excluding steroid dienone is 6. The Kier molecular flexibility index (Phi) is 4.59. The van der Waals surface area contributed by atoms with E-state index in [0.717, 1.165) is 34.0 Å². The van der Waals surface area contributed by atoms with Gasteiger partial charge in [-0.05, 0) is 54.8 Å². The van der Waals surface area contributed by atoms with Crippen molar-refractivity contribution in [3.63, 3.8) is 0 Å². The van der Waals surface area contributed by atoms with Gasteiger partial charge in [0.25, 0.3) is 0 Å². The third-order valence-electron chi connectivity index (χ3n) is 4.54. The van der Waals surface area contributed by atoms with Crippen molar-refractivity contribution in [1.29, 1.82) is 0 Å². The van der Waals surface area contributed by atoms with Crippen molar-refractivity contribution < 1.29 is 0 Å². The predicted octanol–water partition coefficient (Wildman–Crippen LogP) is 6.69. The molecule has 0 saturated carbocycles. The van der Waals surface area contributed by atoms with Crippen LogP contribution in [0.2, 0.25) is 5.02 Å². The van der Waals surface area contributed by atoms with E-state index < -0.39 is 0 Å². The summed E-state index contributed by atoms with van der Waals surface area (Å²) in [7, 11) is 0. The number of hydrogen-bond donors (Lipinski definition) is 1. The maximum Gasteiger partial charge on any atom is 0.0539 e. The highest BCUT2D eigenvalue weighted by atomic mass is 35.5. The normalized spacial score (nSPS) is 13.9. The highest BCUT2D eigenvalue weighted by molar-refractivity contribution is 6.30. The molecule has 1 aromatic carbocycles. The predicted molar refractivity (Wildman–Crippen MR) is 110 cm³/mol. The Morgan fingerprint density at radius 1 is 0.962 bits per heavy atom. The fourth-order valence-electron chi connectivity index (χ4n) is 3.12. The number of halogens is 1. The van der Waals surface area contributed by atoms with Crippen molar-refractivity contribution in [1.82, 2.24) is 9.97 Å². The van der Waals surface area contributed by atoms with Gasteiger partial charge in [0, 0.05) is 34.2 Å². The van der Waals surface area contributed by atoms with E-state index in [-0.39, 0.29) is 0 Å². The molecule has 2 aromatic heterocycles.